The van der Waals surface area contributed by atoms with Crippen LogP contribution in [0.1, 0.15) is 34.3 Å². The molecule has 5 rings (SSSR count). The number of carbonyl (C=O) groups is 1. The Morgan fingerprint density at radius 2 is 1.95 bits per heavy atom. The molecule has 1 aromatic heterocycles. The summed E-state index contributed by atoms with van der Waals surface area (Å²) < 4.78 is 5.93. The second kappa shape index (κ2) is 12.0. The number of nitrogens with zero attached hydrogens (tertiary/aromatic N) is 3. The Kier molecular flexibility index (Phi) is 8.26. The van der Waals surface area contributed by atoms with Crippen LogP contribution in [0.4, 0.5) is 23.1 Å². The van der Waals surface area contributed by atoms with Crippen molar-refractivity contribution in [3.63, 3.8) is 0 Å². The first-order valence-corrected chi connectivity index (χ1v) is 13.5. The summed E-state index contributed by atoms with van der Waals surface area (Å²) in [5.74, 6) is 1.40. The van der Waals surface area contributed by atoms with Crippen molar-refractivity contribution in [2.45, 2.75) is 31.7 Å². The van der Waals surface area contributed by atoms with Crippen LogP contribution >= 0.6 is 11.6 Å². The Bertz CT molecular complexity index is 1300. The molecular formula is C28H34ClN7O2. The summed E-state index contributed by atoms with van der Waals surface area (Å²) in [6, 6.07) is 12.0. The Labute approximate surface area is 228 Å². The number of piperazine rings is 1. The highest BCUT2D eigenvalue weighted by atomic mass is 35.5. The third-order valence-corrected chi connectivity index (χ3v) is 7.57. The molecule has 0 saturated carbocycles. The lowest BCUT2D eigenvalue weighted by Crippen LogP contribution is -2.49. The van der Waals surface area contributed by atoms with Crippen LogP contribution in [0, 0.1) is 0 Å². The van der Waals surface area contributed by atoms with E-state index in [9.17, 15) is 4.79 Å². The van der Waals surface area contributed by atoms with Gasteiger partial charge < -0.3 is 26.0 Å². The topological polar surface area (TPSA) is 103 Å². The largest absolute Gasteiger partial charge is 0.494 e. The number of ether oxygens (including phenoxy) is 1. The van der Waals surface area contributed by atoms with Crippen molar-refractivity contribution in [1.82, 2.24) is 25.5 Å². The first kappa shape index (κ1) is 26.2. The van der Waals surface area contributed by atoms with E-state index >= 15 is 0 Å². The minimum atomic E-state index is -0.203. The van der Waals surface area contributed by atoms with Gasteiger partial charge in [-0.15, -0.1) is 0 Å². The normalized spacial score (nSPS) is 17.7. The van der Waals surface area contributed by atoms with Crippen LogP contribution in [0.25, 0.3) is 0 Å². The van der Waals surface area contributed by atoms with Crippen molar-refractivity contribution >= 4 is 40.6 Å². The van der Waals surface area contributed by atoms with Gasteiger partial charge >= 0.3 is 0 Å². The molecule has 200 valence electrons. The number of nitrogens with one attached hydrogen (secondary N) is 4. The Morgan fingerprint density at radius 1 is 1.13 bits per heavy atom. The molecule has 0 bridgehead atoms. The lowest BCUT2D eigenvalue weighted by molar-refractivity contribution is 0.0964. The van der Waals surface area contributed by atoms with Gasteiger partial charge in [-0.1, -0.05) is 29.8 Å². The lowest BCUT2D eigenvalue weighted by atomic mass is 9.99. The van der Waals surface area contributed by atoms with Gasteiger partial charge in [-0.25, -0.2) is 4.98 Å². The standard InChI is InChI=1S/C28H34ClN7O2/c1-30-27(37)21-7-3-4-9-23(21)33-26-22(29)17-32-28(35-26)34-24-11-10-18-16-19(36-14-12-31-13-15-36)6-5-8-20(18)25(24)38-2/h3-4,7,9-11,17,19,31H,5-6,8,12-16H2,1-2H3,(H,30,37)(H2,32,33,34,35)/t19-/m0/s1. The average molecular weight is 536 g/mol. The number of amides is 1. The predicted molar refractivity (Wildman–Crippen MR) is 151 cm³/mol. The van der Waals surface area contributed by atoms with E-state index in [1.165, 1.54) is 23.7 Å². The molecule has 1 aliphatic carbocycles. The number of anilines is 4. The maximum absolute atomic E-state index is 12.3. The first-order chi connectivity index (χ1) is 18.6. The number of halogens is 1. The third-order valence-electron chi connectivity index (χ3n) is 7.29. The van der Waals surface area contributed by atoms with Crippen LogP contribution < -0.4 is 26.0 Å². The second-order valence-corrected chi connectivity index (χ2v) is 9.99. The van der Waals surface area contributed by atoms with Crippen LogP contribution in [0.2, 0.25) is 5.02 Å². The van der Waals surface area contributed by atoms with Crippen molar-refractivity contribution < 1.29 is 9.53 Å². The van der Waals surface area contributed by atoms with E-state index in [1.54, 1.807) is 32.4 Å². The molecule has 0 unspecified atom stereocenters. The molecule has 10 heteroatoms. The van der Waals surface area contributed by atoms with E-state index in [1.807, 2.05) is 12.1 Å². The summed E-state index contributed by atoms with van der Waals surface area (Å²) in [5, 5.41) is 13.0. The summed E-state index contributed by atoms with van der Waals surface area (Å²) in [6.45, 7) is 4.33. The molecule has 1 amide bonds. The molecule has 0 radical (unpaired) electrons. The fourth-order valence-corrected chi connectivity index (χ4v) is 5.52. The van der Waals surface area contributed by atoms with Gasteiger partial charge in [0, 0.05) is 39.3 Å². The average Bonchev–Trinajstić information content (AvgIpc) is 3.18. The van der Waals surface area contributed by atoms with Crippen molar-refractivity contribution in [3.05, 3.63) is 64.3 Å². The maximum Gasteiger partial charge on any atom is 0.253 e. The van der Waals surface area contributed by atoms with Gasteiger partial charge in [-0.2, -0.15) is 4.98 Å². The number of methoxy groups -OCH3 is 1. The maximum atomic E-state index is 12.3. The summed E-state index contributed by atoms with van der Waals surface area (Å²) >= 11 is 6.42. The number of aromatic nitrogens is 2. The molecule has 38 heavy (non-hydrogen) atoms. The van der Waals surface area contributed by atoms with Gasteiger partial charge in [0.2, 0.25) is 5.95 Å². The fourth-order valence-electron chi connectivity index (χ4n) is 5.38. The SMILES string of the molecule is CNC(=O)c1ccccc1Nc1nc(Nc2ccc3c(c2OC)CCC[C@H](N2CCNCC2)C3)ncc1Cl. The molecule has 3 aromatic rings. The van der Waals surface area contributed by atoms with E-state index in [0.29, 0.717) is 34.1 Å². The molecule has 1 atom stereocenters. The molecule has 1 saturated heterocycles. The minimum Gasteiger partial charge on any atom is -0.494 e. The third kappa shape index (κ3) is 5.70. The van der Waals surface area contributed by atoms with E-state index < -0.39 is 0 Å². The Hall–Kier alpha value is -3.40. The molecule has 0 spiro atoms. The van der Waals surface area contributed by atoms with Crippen LogP contribution in [0.5, 0.6) is 5.75 Å². The second-order valence-electron chi connectivity index (χ2n) is 9.59. The molecule has 2 aromatic carbocycles. The van der Waals surface area contributed by atoms with Gasteiger partial charge in [-0.3, -0.25) is 9.69 Å². The van der Waals surface area contributed by atoms with E-state index in [-0.39, 0.29) is 5.91 Å². The predicted octanol–water partition coefficient (Wildman–Crippen LogP) is 4.14. The molecule has 4 N–H and O–H groups in total. The van der Waals surface area contributed by atoms with Crippen molar-refractivity contribution in [2.75, 3.05) is 51.0 Å². The van der Waals surface area contributed by atoms with Crippen LogP contribution in [-0.2, 0) is 12.8 Å². The summed E-state index contributed by atoms with van der Waals surface area (Å²) in [7, 11) is 3.31. The van der Waals surface area contributed by atoms with Crippen LogP contribution in [0.3, 0.4) is 0 Å². The summed E-state index contributed by atoms with van der Waals surface area (Å²) in [4.78, 5) is 23.9. The lowest BCUT2D eigenvalue weighted by Gasteiger charge is -2.34. The Morgan fingerprint density at radius 3 is 2.74 bits per heavy atom. The first-order valence-electron chi connectivity index (χ1n) is 13.1. The van der Waals surface area contributed by atoms with Gasteiger partial charge in [0.05, 0.1) is 30.2 Å². The highest BCUT2D eigenvalue weighted by Gasteiger charge is 2.26. The summed E-state index contributed by atoms with van der Waals surface area (Å²) in [5.41, 5.74) is 4.50. The number of hydrogen-bond donors (Lipinski definition) is 4. The smallest absolute Gasteiger partial charge is 0.253 e. The Balaban J connectivity index is 1.38. The van der Waals surface area contributed by atoms with Gasteiger partial charge in [0.25, 0.3) is 5.91 Å². The van der Waals surface area contributed by atoms with E-state index in [4.69, 9.17) is 16.3 Å². The zero-order chi connectivity index (χ0) is 26.5. The van der Waals surface area contributed by atoms with E-state index in [0.717, 1.165) is 56.9 Å². The zero-order valence-corrected chi connectivity index (χ0v) is 22.6. The minimum absolute atomic E-state index is 0.203. The van der Waals surface area contributed by atoms with Crippen molar-refractivity contribution in [1.29, 1.82) is 0 Å². The number of para-hydroxylation sites is 1. The molecule has 1 fully saturated rings. The van der Waals surface area contributed by atoms with E-state index in [2.05, 4.69) is 42.2 Å². The van der Waals surface area contributed by atoms with Gasteiger partial charge in [-0.05, 0) is 55.0 Å². The number of carbonyl (C=O) groups excluding carboxylic acids is 1. The number of benzene rings is 2. The molecular weight excluding hydrogens is 502 g/mol. The van der Waals surface area contributed by atoms with Crippen molar-refractivity contribution in [3.8, 4) is 5.75 Å². The molecule has 1 aliphatic heterocycles. The van der Waals surface area contributed by atoms with Crippen LogP contribution in [0.15, 0.2) is 42.6 Å². The molecule has 2 aliphatic rings. The number of fused-ring (bicyclic) bond motifs is 1. The van der Waals surface area contributed by atoms with Gasteiger partial charge in [0.1, 0.15) is 10.8 Å². The molecule has 2 heterocycles. The quantitative estimate of drug-likeness (QED) is 0.335. The fraction of sp³-hybridized carbons (Fsp3) is 0.393. The van der Waals surface area contributed by atoms with Crippen molar-refractivity contribution in [2.24, 2.45) is 0 Å². The zero-order valence-electron chi connectivity index (χ0n) is 21.8. The summed E-state index contributed by atoms with van der Waals surface area (Å²) in [6.07, 6.45) is 5.85. The number of hydrogen-bond acceptors (Lipinski definition) is 8. The highest BCUT2D eigenvalue weighted by molar-refractivity contribution is 6.33. The highest BCUT2D eigenvalue weighted by Crippen LogP contribution is 2.38. The monoisotopic (exact) mass is 535 g/mol. The van der Waals surface area contributed by atoms with Gasteiger partial charge in [0.15, 0.2) is 5.82 Å². The molecule has 9 nitrogen and oxygen atoms in total. The van der Waals surface area contributed by atoms with Crippen LogP contribution in [-0.4, -0.2) is 67.2 Å². The number of rotatable bonds is 7.